The molecule has 1 aliphatic heterocycles. The molecule has 3 rings (SSSR count). The molecule has 5 heteroatoms. The van der Waals surface area contributed by atoms with Gasteiger partial charge in [0.2, 0.25) is 5.91 Å². The van der Waals surface area contributed by atoms with Crippen molar-refractivity contribution in [3.8, 4) is 0 Å². The van der Waals surface area contributed by atoms with Crippen LogP contribution < -0.4 is 5.32 Å². The van der Waals surface area contributed by atoms with E-state index in [1.54, 1.807) is 0 Å². The van der Waals surface area contributed by atoms with Crippen LogP contribution in [0.1, 0.15) is 18.4 Å². The van der Waals surface area contributed by atoms with Crippen LogP contribution in [0.2, 0.25) is 0 Å². The Kier molecular flexibility index (Phi) is 4.10. The van der Waals surface area contributed by atoms with E-state index in [0.29, 0.717) is 11.8 Å². The number of amides is 1. The highest BCUT2D eigenvalue weighted by molar-refractivity contribution is 7.80. The minimum Gasteiger partial charge on any atom is -0.345 e. The molecule has 1 N–H and O–H groups in total. The smallest absolute Gasteiger partial charge is 0.225 e. The number of hydrogen-bond acceptors (Lipinski definition) is 2. The molecule has 112 valence electrons. The van der Waals surface area contributed by atoms with Crippen molar-refractivity contribution >= 4 is 28.9 Å². The second kappa shape index (κ2) is 6.02. The van der Waals surface area contributed by atoms with E-state index in [2.05, 4.69) is 29.3 Å². The third-order valence-corrected chi connectivity index (χ3v) is 4.43. The Hall–Kier alpha value is -1.62. The average Bonchev–Trinajstić information content (AvgIpc) is 3.31. The van der Waals surface area contributed by atoms with Gasteiger partial charge in [0.1, 0.15) is 0 Å². The molecular formula is C16H21N3OS. The Bertz CT molecular complexity index is 548. The van der Waals surface area contributed by atoms with Crippen molar-refractivity contribution in [2.45, 2.75) is 19.8 Å². The standard InChI is InChI=1S/C16H21N3OS/c1-12-3-2-4-14(11-12)17-16(21)19-9-7-18(8-10-19)15(20)13-5-6-13/h2-4,11,13H,5-10H2,1H3,(H,17,21). The summed E-state index contributed by atoms with van der Waals surface area (Å²) >= 11 is 5.48. The van der Waals surface area contributed by atoms with Crippen LogP contribution in [0.4, 0.5) is 5.69 Å². The molecule has 1 aromatic carbocycles. The van der Waals surface area contributed by atoms with Gasteiger partial charge < -0.3 is 15.1 Å². The van der Waals surface area contributed by atoms with Gasteiger partial charge >= 0.3 is 0 Å². The van der Waals surface area contributed by atoms with Crippen LogP contribution in [0.3, 0.4) is 0 Å². The van der Waals surface area contributed by atoms with Gasteiger partial charge in [-0.05, 0) is 49.7 Å². The summed E-state index contributed by atoms with van der Waals surface area (Å²) in [5.41, 5.74) is 2.24. The van der Waals surface area contributed by atoms with Crippen molar-refractivity contribution in [3.05, 3.63) is 29.8 Å². The van der Waals surface area contributed by atoms with Crippen LogP contribution in [0, 0.1) is 12.8 Å². The highest BCUT2D eigenvalue weighted by Crippen LogP contribution is 2.31. The lowest BCUT2D eigenvalue weighted by molar-refractivity contribution is -0.133. The number of nitrogens with zero attached hydrogens (tertiary/aromatic N) is 2. The highest BCUT2D eigenvalue weighted by Gasteiger charge is 2.34. The predicted octanol–water partition coefficient (Wildman–Crippen LogP) is 2.25. The predicted molar refractivity (Wildman–Crippen MR) is 88.3 cm³/mol. The zero-order valence-corrected chi connectivity index (χ0v) is 13.2. The molecular weight excluding hydrogens is 282 g/mol. The Balaban J connectivity index is 1.51. The van der Waals surface area contributed by atoms with Gasteiger partial charge in [-0.3, -0.25) is 4.79 Å². The maximum atomic E-state index is 12.0. The molecule has 0 atom stereocenters. The Morgan fingerprint density at radius 1 is 1.19 bits per heavy atom. The molecule has 4 nitrogen and oxygen atoms in total. The monoisotopic (exact) mass is 303 g/mol. The molecule has 1 saturated carbocycles. The lowest BCUT2D eigenvalue weighted by atomic mass is 10.2. The second-order valence-electron chi connectivity index (χ2n) is 5.89. The number of carbonyl (C=O) groups excluding carboxylic acids is 1. The second-order valence-corrected chi connectivity index (χ2v) is 6.27. The first kappa shape index (κ1) is 14.3. The summed E-state index contributed by atoms with van der Waals surface area (Å²) < 4.78 is 0. The van der Waals surface area contributed by atoms with Gasteiger partial charge in [0, 0.05) is 37.8 Å². The van der Waals surface area contributed by atoms with Crippen molar-refractivity contribution in [3.63, 3.8) is 0 Å². The number of thiocarbonyl (C=S) groups is 1. The number of carbonyl (C=O) groups is 1. The molecule has 21 heavy (non-hydrogen) atoms. The van der Waals surface area contributed by atoms with E-state index in [-0.39, 0.29) is 0 Å². The first-order valence-corrected chi connectivity index (χ1v) is 7.96. The largest absolute Gasteiger partial charge is 0.345 e. The summed E-state index contributed by atoms with van der Waals surface area (Å²) in [5, 5.41) is 4.03. The average molecular weight is 303 g/mol. The van der Waals surface area contributed by atoms with Gasteiger partial charge in [0.15, 0.2) is 5.11 Å². The summed E-state index contributed by atoms with van der Waals surface area (Å²) in [6, 6.07) is 8.19. The normalized spacial score (nSPS) is 18.5. The molecule has 1 saturated heterocycles. The summed E-state index contributed by atoms with van der Waals surface area (Å²) in [6.45, 7) is 5.26. The van der Waals surface area contributed by atoms with Crippen LogP contribution in [-0.2, 0) is 4.79 Å². The van der Waals surface area contributed by atoms with Crippen LogP contribution >= 0.6 is 12.2 Å². The van der Waals surface area contributed by atoms with E-state index in [4.69, 9.17) is 12.2 Å². The number of nitrogens with one attached hydrogen (secondary N) is 1. The topological polar surface area (TPSA) is 35.6 Å². The van der Waals surface area contributed by atoms with E-state index >= 15 is 0 Å². The van der Waals surface area contributed by atoms with Crippen LogP contribution in [0.15, 0.2) is 24.3 Å². The van der Waals surface area contributed by atoms with Crippen LogP contribution in [0.5, 0.6) is 0 Å². The van der Waals surface area contributed by atoms with E-state index in [0.717, 1.165) is 49.8 Å². The zero-order valence-electron chi connectivity index (χ0n) is 12.3. The molecule has 0 aromatic heterocycles. The number of piperazine rings is 1. The van der Waals surface area contributed by atoms with Gasteiger partial charge in [0.05, 0.1) is 0 Å². The van der Waals surface area contributed by atoms with Gasteiger partial charge in [-0.25, -0.2) is 0 Å². The Morgan fingerprint density at radius 2 is 1.86 bits per heavy atom. The van der Waals surface area contributed by atoms with Gasteiger partial charge in [-0.15, -0.1) is 0 Å². The number of aryl methyl sites for hydroxylation is 1. The van der Waals surface area contributed by atoms with Gasteiger partial charge in [0.25, 0.3) is 0 Å². The highest BCUT2D eigenvalue weighted by atomic mass is 32.1. The number of anilines is 1. The van der Waals surface area contributed by atoms with E-state index in [9.17, 15) is 4.79 Å². The Morgan fingerprint density at radius 3 is 2.48 bits per heavy atom. The molecule has 1 aromatic rings. The quantitative estimate of drug-likeness (QED) is 0.850. The fourth-order valence-corrected chi connectivity index (χ4v) is 2.94. The summed E-state index contributed by atoms with van der Waals surface area (Å²) in [4.78, 5) is 16.2. The van der Waals surface area contributed by atoms with Crippen LogP contribution in [0.25, 0.3) is 0 Å². The van der Waals surface area contributed by atoms with E-state index in [1.165, 1.54) is 5.56 Å². The SMILES string of the molecule is Cc1cccc(NC(=S)N2CCN(C(=O)C3CC3)CC2)c1. The summed E-state index contributed by atoms with van der Waals surface area (Å²) in [7, 11) is 0. The molecule has 0 bridgehead atoms. The fraction of sp³-hybridized carbons (Fsp3) is 0.500. The third kappa shape index (κ3) is 3.53. The third-order valence-electron chi connectivity index (χ3n) is 4.07. The first-order chi connectivity index (χ1) is 10.1. The Labute approximate surface area is 131 Å². The number of hydrogen-bond donors (Lipinski definition) is 1. The summed E-state index contributed by atoms with van der Waals surface area (Å²) in [5.74, 6) is 0.654. The minimum absolute atomic E-state index is 0.314. The molecule has 1 aliphatic carbocycles. The van der Waals surface area contributed by atoms with Gasteiger partial charge in [-0.2, -0.15) is 0 Å². The van der Waals surface area contributed by atoms with E-state index in [1.807, 2.05) is 17.0 Å². The van der Waals surface area contributed by atoms with Crippen molar-refractivity contribution in [1.29, 1.82) is 0 Å². The lowest BCUT2D eigenvalue weighted by Gasteiger charge is -2.36. The first-order valence-electron chi connectivity index (χ1n) is 7.55. The molecule has 2 aliphatic rings. The van der Waals surface area contributed by atoms with Crippen molar-refractivity contribution in [1.82, 2.24) is 9.80 Å². The maximum absolute atomic E-state index is 12.0. The fourth-order valence-electron chi connectivity index (χ4n) is 2.64. The van der Waals surface area contributed by atoms with Gasteiger partial charge in [-0.1, -0.05) is 12.1 Å². The van der Waals surface area contributed by atoms with E-state index < -0.39 is 0 Å². The molecule has 0 radical (unpaired) electrons. The molecule has 2 fully saturated rings. The molecule has 1 amide bonds. The number of rotatable bonds is 2. The maximum Gasteiger partial charge on any atom is 0.225 e. The molecule has 1 heterocycles. The summed E-state index contributed by atoms with van der Waals surface area (Å²) in [6.07, 6.45) is 2.15. The van der Waals surface area contributed by atoms with Crippen molar-refractivity contribution in [2.75, 3.05) is 31.5 Å². The molecule has 0 spiro atoms. The van der Waals surface area contributed by atoms with Crippen LogP contribution in [-0.4, -0.2) is 47.0 Å². The molecule has 0 unspecified atom stereocenters. The van der Waals surface area contributed by atoms with Crippen molar-refractivity contribution in [2.24, 2.45) is 5.92 Å². The lowest BCUT2D eigenvalue weighted by Crippen LogP contribution is -2.52. The van der Waals surface area contributed by atoms with Crippen molar-refractivity contribution < 1.29 is 4.79 Å². The zero-order chi connectivity index (χ0) is 14.8. The minimum atomic E-state index is 0.314. The number of benzene rings is 1.